The minimum absolute atomic E-state index is 0.0626. The van der Waals surface area contributed by atoms with Gasteiger partial charge in [0.2, 0.25) is 0 Å². The molecule has 1 N–H and O–H groups in total. The third-order valence-electron chi connectivity index (χ3n) is 2.91. The number of aliphatic hydroxyl groups is 1. The van der Waals surface area contributed by atoms with Gasteiger partial charge in [0, 0.05) is 11.3 Å². The van der Waals surface area contributed by atoms with Gasteiger partial charge in [-0.2, -0.15) is 0 Å². The Hall–Kier alpha value is -1.11. The molecule has 0 aliphatic rings. The third-order valence-corrected chi connectivity index (χ3v) is 4.37. The summed E-state index contributed by atoms with van der Waals surface area (Å²) in [5.74, 6) is -0.441. The van der Waals surface area contributed by atoms with Crippen LogP contribution in [-0.2, 0) is 25.8 Å². The zero-order chi connectivity index (χ0) is 16.0. The minimum Gasteiger partial charge on any atom is -0.466 e. The number of aryl methyl sites for hydroxylation is 1. The molecular formula is C14H19ClO5S. The van der Waals surface area contributed by atoms with Crippen LogP contribution in [0.5, 0.6) is 0 Å². The second-order valence-corrected chi connectivity index (χ2v) is 7.15. The van der Waals surface area contributed by atoms with E-state index >= 15 is 0 Å². The van der Waals surface area contributed by atoms with Crippen LogP contribution in [0.15, 0.2) is 23.1 Å². The summed E-state index contributed by atoms with van der Waals surface area (Å²) in [5, 5.41) is 10.1. The minimum atomic E-state index is -3.29. The van der Waals surface area contributed by atoms with Crippen LogP contribution in [0.1, 0.15) is 25.3 Å². The number of ether oxygens (including phenoxy) is 1. The maximum atomic E-state index is 11.4. The summed E-state index contributed by atoms with van der Waals surface area (Å²) < 4.78 is 27.5. The fourth-order valence-corrected chi connectivity index (χ4v) is 2.78. The number of hydrogen-bond donors (Lipinski definition) is 1. The Morgan fingerprint density at radius 1 is 1.43 bits per heavy atom. The summed E-state index contributed by atoms with van der Waals surface area (Å²) in [6.45, 7) is 1.98. The van der Waals surface area contributed by atoms with E-state index < -0.39 is 21.9 Å². The first-order valence-corrected chi connectivity index (χ1v) is 8.83. The number of carbonyl (C=O) groups excluding carboxylic acids is 1. The highest BCUT2D eigenvalue weighted by Crippen LogP contribution is 2.22. The summed E-state index contributed by atoms with van der Waals surface area (Å²) in [7, 11) is -3.29. The molecule has 1 aromatic rings. The molecule has 118 valence electrons. The second-order valence-electron chi connectivity index (χ2n) is 4.73. The zero-order valence-corrected chi connectivity index (χ0v) is 13.6. The topological polar surface area (TPSA) is 80.7 Å². The molecule has 0 saturated carbocycles. The van der Waals surface area contributed by atoms with Crippen molar-refractivity contribution in [2.24, 2.45) is 0 Å². The number of hydrogen-bond acceptors (Lipinski definition) is 5. The molecule has 0 heterocycles. The first-order valence-electron chi connectivity index (χ1n) is 6.56. The fourth-order valence-electron chi connectivity index (χ4n) is 1.80. The number of rotatable bonds is 7. The monoisotopic (exact) mass is 334 g/mol. The number of sulfone groups is 1. The van der Waals surface area contributed by atoms with Crippen molar-refractivity contribution in [3.8, 4) is 0 Å². The van der Waals surface area contributed by atoms with Gasteiger partial charge in [-0.15, -0.1) is 0 Å². The summed E-state index contributed by atoms with van der Waals surface area (Å²) in [6, 6.07) is 4.49. The number of halogens is 1. The normalized spacial score (nSPS) is 13.0. The van der Waals surface area contributed by atoms with Gasteiger partial charge in [-0.3, -0.25) is 4.79 Å². The Morgan fingerprint density at radius 2 is 2.10 bits per heavy atom. The maximum absolute atomic E-state index is 11.4. The number of carbonyl (C=O) groups is 1. The lowest BCUT2D eigenvalue weighted by molar-refractivity contribution is -0.145. The van der Waals surface area contributed by atoms with Crippen LogP contribution in [0.4, 0.5) is 0 Å². The first-order chi connectivity index (χ1) is 9.74. The van der Waals surface area contributed by atoms with Crippen LogP contribution in [-0.4, -0.2) is 38.5 Å². The molecule has 1 rings (SSSR count). The summed E-state index contributed by atoms with van der Waals surface area (Å²) in [4.78, 5) is 11.4. The molecule has 5 nitrogen and oxygen atoms in total. The Balaban J connectivity index is 2.62. The van der Waals surface area contributed by atoms with Crippen molar-refractivity contribution in [1.82, 2.24) is 0 Å². The maximum Gasteiger partial charge on any atom is 0.308 e. The van der Waals surface area contributed by atoms with E-state index in [0.29, 0.717) is 17.9 Å². The van der Waals surface area contributed by atoms with Crippen LogP contribution >= 0.6 is 11.6 Å². The van der Waals surface area contributed by atoms with Crippen molar-refractivity contribution in [3.63, 3.8) is 0 Å². The van der Waals surface area contributed by atoms with Crippen LogP contribution in [0.2, 0.25) is 5.02 Å². The smallest absolute Gasteiger partial charge is 0.308 e. The Bertz CT molecular complexity index is 597. The van der Waals surface area contributed by atoms with E-state index in [0.717, 1.165) is 11.8 Å². The molecule has 1 unspecified atom stereocenters. The van der Waals surface area contributed by atoms with Crippen molar-refractivity contribution in [1.29, 1.82) is 0 Å². The van der Waals surface area contributed by atoms with Gasteiger partial charge >= 0.3 is 5.97 Å². The molecule has 0 amide bonds. The molecule has 0 fully saturated rings. The van der Waals surface area contributed by atoms with Gasteiger partial charge in [0.15, 0.2) is 9.84 Å². The van der Waals surface area contributed by atoms with Crippen LogP contribution in [0.25, 0.3) is 0 Å². The molecule has 21 heavy (non-hydrogen) atoms. The Morgan fingerprint density at radius 3 is 2.62 bits per heavy atom. The largest absolute Gasteiger partial charge is 0.466 e. The molecule has 0 bridgehead atoms. The van der Waals surface area contributed by atoms with Gasteiger partial charge in [0.1, 0.15) is 0 Å². The molecule has 0 aromatic heterocycles. The predicted octanol–water partition coefficient (Wildman–Crippen LogP) is 1.99. The second kappa shape index (κ2) is 7.77. The lowest BCUT2D eigenvalue weighted by Crippen LogP contribution is -2.16. The highest BCUT2D eigenvalue weighted by atomic mass is 35.5. The Kier molecular flexibility index (Phi) is 6.64. The molecule has 0 aliphatic carbocycles. The zero-order valence-electron chi connectivity index (χ0n) is 12.0. The van der Waals surface area contributed by atoms with Crippen LogP contribution in [0.3, 0.4) is 0 Å². The summed E-state index contributed by atoms with van der Waals surface area (Å²) >= 11 is 6.04. The van der Waals surface area contributed by atoms with E-state index in [1.807, 2.05) is 0 Å². The van der Waals surface area contributed by atoms with Gasteiger partial charge in [0.25, 0.3) is 0 Å². The Labute approximate surface area is 129 Å². The van der Waals surface area contributed by atoms with E-state index in [-0.39, 0.29) is 17.9 Å². The SMILES string of the molecule is CCOC(=O)CC(O)CCc1ccc(S(C)(=O)=O)cc1Cl. The molecule has 1 atom stereocenters. The van der Waals surface area contributed by atoms with E-state index in [2.05, 4.69) is 0 Å². The summed E-state index contributed by atoms with van der Waals surface area (Å²) in [6.07, 6.45) is 1.03. The molecule has 0 aliphatic heterocycles. The van der Waals surface area contributed by atoms with E-state index in [1.165, 1.54) is 12.1 Å². The average Bonchev–Trinajstić information content (AvgIpc) is 2.36. The van der Waals surface area contributed by atoms with Gasteiger partial charge in [-0.05, 0) is 37.5 Å². The number of aliphatic hydroxyl groups excluding tert-OH is 1. The highest BCUT2D eigenvalue weighted by molar-refractivity contribution is 7.90. The average molecular weight is 335 g/mol. The molecule has 1 aromatic carbocycles. The third kappa shape index (κ3) is 6.03. The quantitative estimate of drug-likeness (QED) is 0.771. The van der Waals surface area contributed by atoms with E-state index in [1.54, 1.807) is 13.0 Å². The van der Waals surface area contributed by atoms with Gasteiger partial charge in [0.05, 0.1) is 24.0 Å². The molecule has 7 heteroatoms. The highest BCUT2D eigenvalue weighted by Gasteiger charge is 2.14. The fraction of sp³-hybridized carbons (Fsp3) is 0.500. The van der Waals surface area contributed by atoms with Crippen LogP contribution in [0, 0.1) is 0 Å². The number of esters is 1. The number of benzene rings is 1. The standard InChI is InChI=1S/C14H19ClO5S/c1-3-20-14(17)8-11(16)6-4-10-5-7-12(9-13(10)15)21(2,18)19/h5,7,9,11,16H,3-4,6,8H2,1-2H3. The molecule has 0 radical (unpaired) electrons. The van der Waals surface area contributed by atoms with Crippen molar-refractivity contribution in [2.75, 3.05) is 12.9 Å². The lowest BCUT2D eigenvalue weighted by atomic mass is 10.1. The lowest BCUT2D eigenvalue weighted by Gasteiger charge is -2.11. The summed E-state index contributed by atoms with van der Waals surface area (Å²) in [5.41, 5.74) is 0.729. The van der Waals surface area contributed by atoms with E-state index in [4.69, 9.17) is 16.3 Å². The van der Waals surface area contributed by atoms with Crippen molar-refractivity contribution in [3.05, 3.63) is 28.8 Å². The van der Waals surface area contributed by atoms with Crippen LogP contribution < -0.4 is 0 Å². The molecule has 0 spiro atoms. The van der Waals surface area contributed by atoms with Gasteiger partial charge in [-0.25, -0.2) is 8.42 Å². The molecule has 0 saturated heterocycles. The van der Waals surface area contributed by atoms with Gasteiger partial charge < -0.3 is 9.84 Å². The van der Waals surface area contributed by atoms with Crippen molar-refractivity contribution in [2.45, 2.75) is 37.2 Å². The van der Waals surface area contributed by atoms with Gasteiger partial charge in [-0.1, -0.05) is 17.7 Å². The predicted molar refractivity (Wildman–Crippen MR) is 80.1 cm³/mol. The van der Waals surface area contributed by atoms with E-state index in [9.17, 15) is 18.3 Å². The molecular weight excluding hydrogens is 316 g/mol. The van der Waals surface area contributed by atoms with Crippen molar-refractivity contribution >= 4 is 27.4 Å². The first kappa shape index (κ1) is 17.9. The van der Waals surface area contributed by atoms with Crippen molar-refractivity contribution < 1.29 is 23.1 Å².